The first-order chi connectivity index (χ1) is 20.6. The van der Waals surface area contributed by atoms with Crippen LogP contribution in [-0.2, 0) is 16.1 Å². The average molecular weight is 566 g/mol. The van der Waals surface area contributed by atoms with E-state index < -0.39 is 0 Å². The van der Waals surface area contributed by atoms with Gasteiger partial charge in [0.05, 0.1) is 16.7 Å². The Morgan fingerprint density at radius 3 is 1.79 bits per heavy atom. The highest BCUT2D eigenvalue weighted by molar-refractivity contribution is 6.09. The summed E-state index contributed by atoms with van der Waals surface area (Å²) in [7, 11) is 0. The van der Waals surface area contributed by atoms with Crippen LogP contribution in [0.1, 0.15) is 44.1 Å². The van der Waals surface area contributed by atoms with Crippen molar-refractivity contribution in [1.29, 1.82) is 0 Å². The Kier molecular flexibility index (Phi) is 8.86. The number of rotatable bonds is 11. The first-order valence-corrected chi connectivity index (χ1v) is 15.2. The number of amides is 2. The maximum absolute atomic E-state index is 12.7. The Bertz CT molecular complexity index is 1450. The molecule has 0 unspecified atom stereocenters. The highest BCUT2D eigenvalue weighted by atomic mass is 16.2. The second-order valence-corrected chi connectivity index (χ2v) is 11.4. The van der Waals surface area contributed by atoms with Gasteiger partial charge in [-0.25, -0.2) is 4.98 Å². The quantitative estimate of drug-likeness (QED) is 0.214. The van der Waals surface area contributed by atoms with Gasteiger partial charge in [0.25, 0.3) is 0 Å². The molecule has 4 aromatic rings. The number of anilines is 3. The molecule has 9 nitrogen and oxygen atoms in total. The molecule has 0 atom stereocenters. The Morgan fingerprint density at radius 1 is 0.738 bits per heavy atom. The van der Waals surface area contributed by atoms with E-state index >= 15 is 0 Å². The monoisotopic (exact) mass is 565 g/mol. The number of fused-ring (bicyclic) bond motifs is 2. The van der Waals surface area contributed by atoms with E-state index in [0.29, 0.717) is 19.4 Å². The summed E-state index contributed by atoms with van der Waals surface area (Å²) in [4.78, 5) is 39.3. The fourth-order valence-electron chi connectivity index (χ4n) is 5.96. The standard InChI is InChI=1S/C33H39N7O2/c41-31(11-18-39-14-1-2-15-39)36-25-7-9-27-29(20-25)38-30-21-26(37-32(42)12-19-40-16-3-4-17-40)8-10-28(30)33(27)35-23-24-6-5-13-34-22-24/h5-10,13,20-22H,1-4,11-12,14-19,23H2,(H,35,38)(H,36,41)(H,37,42). The zero-order valence-electron chi connectivity index (χ0n) is 24.1. The minimum Gasteiger partial charge on any atom is -0.380 e. The molecule has 0 bridgehead atoms. The van der Waals surface area contributed by atoms with Crippen LogP contribution in [0.4, 0.5) is 17.1 Å². The van der Waals surface area contributed by atoms with Crippen molar-refractivity contribution in [2.24, 2.45) is 0 Å². The molecule has 2 amide bonds. The van der Waals surface area contributed by atoms with Gasteiger partial charge in [0.1, 0.15) is 0 Å². The number of hydrogen-bond donors (Lipinski definition) is 3. The van der Waals surface area contributed by atoms with E-state index in [2.05, 4.69) is 30.7 Å². The number of nitrogens with zero attached hydrogens (tertiary/aromatic N) is 4. The lowest BCUT2D eigenvalue weighted by Crippen LogP contribution is -2.25. The maximum Gasteiger partial charge on any atom is 0.225 e. The summed E-state index contributed by atoms with van der Waals surface area (Å²) >= 11 is 0. The van der Waals surface area contributed by atoms with Gasteiger partial charge in [-0.05, 0) is 99.9 Å². The third kappa shape index (κ3) is 7.03. The van der Waals surface area contributed by atoms with Crippen LogP contribution in [-0.4, -0.2) is 70.9 Å². The van der Waals surface area contributed by atoms with E-state index in [4.69, 9.17) is 4.98 Å². The Morgan fingerprint density at radius 2 is 1.29 bits per heavy atom. The van der Waals surface area contributed by atoms with E-state index in [1.54, 1.807) is 6.20 Å². The first-order valence-electron chi connectivity index (χ1n) is 15.2. The van der Waals surface area contributed by atoms with Gasteiger partial charge in [-0.15, -0.1) is 0 Å². The van der Waals surface area contributed by atoms with Crippen molar-refractivity contribution < 1.29 is 9.59 Å². The van der Waals surface area contributed by atoms with Gasteiger partial charge in [-0.1, -0.05) is 6.07 Å². The lowest BCUT2D eigenvalue weighted by atomic mass is 10.1. The van der Waals surface area contributed by atoms with Crippen LogP contribution in [0.5, 0.6) is 0 Å². The lowest BCUT2D eigenvalue weighted by molar-refractivity contribution is -0.117. The Labute approximate surface area is 246 Å². The van der Waals surface area contributed by atoms with Crippen LogP contribution < -0.4 is 16.0 Å². The number of pyridine rings is 2. The summed E-state index contributed by atoms with van der Waals surface area (Å²) in [6.45, 7) is 6.50. The van der Waals surface area contributed by atoms with Crippen LogP contribution in [0.3, 0.4) is 0 Å². The summed E-state index contributed by atoms with van der Waals surface area (Å²) in [5, 5.41) is 11.7. The van der Waals surface area contributed by atoms with Gasteiger partial charge in [0.15, 0.2) is 0 Å². The Hall–Kier alpha value is -4.08. The molecule has 2 aromatic carbocycles. The van der Waals surface area contributed by atoms with E-state index in [1.807, 2.05) is 54.7 Å². The summed E-state index contributed by atoms with van der Waals surface area (Å²) in [6.07, 6.45) is 9.43. The van der Waals surface area contributed by atoms with Crippen LogP contribution in [0, 0.1) is 0 Å². The van der Waals surface area contributed by atoms with Crippen molar-refractivity contribution in [3.8, 4) is 0 Å². The molecule has 0 radical (unpaired) electrons. The van der Waals surface area contributed by atoms with Gasteiger partial charge in [-0.3, -0.25) is 14.6 Å². The molecule has 6 rings (SSSR count). The number of nitrogens with one attached hydrogen (secondary N) is 3. The molecule has 42 heavy (non-hydrogen) atoms. The molecule has 4 heterocycles. The molecule has 2 aliphatic heterocycles. The predicted octanol–water partition coefficient (Wildman–Crippen LogP) is 5.24. The topological polar surface area (TPSA) is 102 Å². The normalized spacial score (nSPS) is 15.8. The number of carbonyl (C=O) groups excluding carboxylic acids is 2. The molecule has 3 N–H and O–H groups in total. The number of benzene rings is 2. The second-order valence-electron chi connectivity index (χ2n) is 11.4. The van der Waals surface area contributed by atoms with E-state index in [9.17, 15) is 9.59 Å². The SMILES string of the molecule is O=C(CCN1CCCC1)Nc1ccc2c(NCc3cccnc3)c3ccc(NC(=O)CCN4CCCC4)cc3nc2c1. The molecule has 9 heteroatoms. The number of carbonyl (C=O) groups is 2. The minimum atomic E-state index is 0.0101. The summed E-state index contributed by atoms with van der Waals surface area (Å²) in [6, 6.07) is 15.7. The van der Waals surface area contributed by atoms with E-state index in [1.165, 1.54) is 25.7 Å². The van der Waals surface area contributed by atoms with Crippen molar-refractivity contribution in [2.45, 2.75) is 45.1 Å². The molecule has 0 saturated carbocycles. The molecule has 0 spiro atoms. The van der Waals surface area contributed by atoms with Crippen LogP contribution in [0.25, 0.3) is 21.8 Å². The van der Waals surface area contributed by atoms with Gasteiger partial charge >= 0.3 is 0 Å². The van der Waals surface area contributed by atoms with Crippen molar-refractivity contribution >= 4 is 50.7 Å². The summed E-state index contributed by atoms with van der Waals surface area (Å²) < 4.78 is 0. The minimum absolute atomic E-state index is 0.0101. The molecule has 2 fully saturated rings. The number of aromatic nitrogens is 2. The van der Waals surface area contributed by atoms with E-state index in [-0.39, 0.29) is 11.8 Å². The molecular formula is C33H39N7O2. The molecular weight excluding hydrogens is 526 g/mol. The third-order valence-corrected chi connectivity index (χ3v) is 8.24. The van der Waals surface area contributed by atoms with Crippen molar-refractivity contribution in [1.82, 2.24) is 19.8 Å². The number of likely N-dealkylation sites (tertiary alicyclic amines) is 2. The highest BCUT2D eigenvalue weighted by Gasteiger charge is 2.16. The Balaban J connectivity index is 1.24. The van der Waals surface area contributed by atoms with Crippen molar-refractivity contribution in [3.63, 3.8) is 0 Å². The third-order valence-electron chi connectivity index (χ3n) is 8.24. The van der Waals surface area contributed by atoms with Gasteiger partial charge < -0.3 is 25.8 Å². The smallest absolute Gasteiger partial charge is 0.225 e. The van der Waals surface area contributed by atoms with Crippen LogP contribution >= 0.6 is 0 Å². The lowest BCUT2D eigenvalue weighted by Gasteiger charge is -2.16. The fraction of sp³-hybridized carbons (Fsp3) is 0.394. The number of hydrogen-bond acceptors (Lipinski definition) is 7. The first kappa shape index (κ1) is 28.1. The van der Waals surface area contributed by atoms with Gasteiger partial charge in [0.2, 0.25) is 11.8 Å². The largest absolute Gasteiger partial charge is 0.380 e. The van der Waals surface area contributed by atoms with Crippen molar-refractivity contribution in [3.05, 3.63) is 66.5 Å². The van der Waals surface area contributed by atoms with Gasteiger partial charge in [-0.2, -0.15) is 0 Å². The van der Waals surface area contributed by atoms with Crippen LogP contribution in [0.2, 0.25) is 0 Å². The second kappa shape index (κ2) is 13.3. The molecule has 2 aliphatic rings. The molecule has 218 valence electrons. The zero-order chi connectivity index (χ0) is 28.7. The van der Waals surface area contributed by atoms with Crippen LogP contribution in [0.15, 0.2) is 60.9 Å². The molecule has 0 aliphatic carbocycles. The van der Waals surface area contributed by atoms with Crippen molar-refractivity contribution in [2.75, 3.05) is 55.2 Å². The summed E-state index contributed by atoms with van der Waals surface area (Å²) in [5.41, 5.74) is 5.02. The highest BCUT2D eigenvalue weighted by Crippen LogP contribution is 2.34. The van der Waals surface area contributed by atoms with Gasteiger partial charge in [0, 0.05) is 67.0 Å². The zero-order valence-corrected chi connectivity index (χ0v) is 24.1. The van der Waals surface area contributed by atoms with E-state index in [0.717, 1.165) is 83.7 Å². The average Bonchev–Trinajstić information content (AvgIpc) is 3.72. The summed E-state index contributed by atoms with van der Waals surface area (Å²) in [5.74, 6) is 0.0202. The molecule has 2 saturated heterocycles. The maximum atomic E-state index is 12.7. The predicted molar refractivity (Wildman–Crippen MR) is 169 cm³/mol. The molecule has 2 aromatic heterocycles. The fourth-order valence-corrected chi connectivity index (χ4v) is 5.96.